The van der Waals surface area contributed by atoms with Crippen molar-refractivity contribution >= 4 is 35.0 Å². The van der Waals surface area contributed by atoms with Crippen LogP contribution in [-0.4, -0.2) is 80.0 Å². The molecule has 2 fully saturated rings. The molecule has 14 nitrogen and oxygen atoms in total. The van der Waals surface area contributed by atoms with Crippen LogP contribution < -0.4 is 21.0 Å². The van der Waals surface area contributed by atoms with Gasteiger partial charge in [0.2, 0.25) is 11.5 Å². The summed E-state index contributed by atoms with van der Waals surface area (Å²) in [5.41, 5.74) is 9.26. The summed E-state index contributed by atoms with van der Waals surface area (Å²) in [5.74, 6) is -0.885. The lowest BCUT2D eigenvalue weighted by molar-refractivity contribution is -0.384. The Morgan fingerprint density at radius 1 is 1.09 bits per heavy atom. The predicted molar refractivity (Wildman–Crippen MR) is 113 cm³/mol. The number of nitro groups is 1. The number of carbonyl (C=O) groups excluding carboxylic acids is 1. The largest absolute Gasteiger partial charge is 0.379 e. The minimum Gasteiger partial charge on any atom is -0.379 e. The van der Waals surface area contributed by atoms with Crippen LogP contribution in [0.4, 0.5) is 22.9 Å². The van der Waals surface area contributed by atoms with Crippen LogP contribution in [0.2, 0.25) is 0 Å². The van der Waals surface area contributed by atoms with Gasteiger partial charge in [-0.15, -0.1) is 0 Å². The van der Waals surface area contributed by atoms with Gasteiger partial charge < -0.3 is 25.0 Å². The van der Waals surface area contributed by atoms with E-state index >= 15 is 0 Å². The quantitative estimate of drug-likeness (QED) is 0.347. The maximum atomic E-state index is 12.1. The van der Waals surface area contributed by atoms with E-state index in [-0.39, 0.29) is 17.2 Å². The normalized spacial score (nSPS) is 17.0. The van der Waals surface area contributed by atoms with Gasteiger partial charge in [0.05, 0.1) is 37.6 Å². The minimum atomic E-state index is -0.715. The number of aromatic nitrogens is 2. The number of nitrogens with one attached hydrogen (secondary N) is 1. The van der Waals surface area contributed by atoms with E-state index in [2.05, 4.69) is 30.4 Å². The smallest absolute Gasteiger partial charge is 0.297 e. The molecule has 0 bridgehead atoms. The van der Waals surface area contributed by atoms with Crippen LogP contribution in [0.3, 0.4) is 0 Å². The van der Waals surface area contributed by atoms with Crippen LogP contribution in [0, 0.1) is 10.1 Å². The first-order valence-electron chi connectivity index (χ1n) is 9.94. The van der Waals surface area contributed by atoms with Crippen LogP contribution in [-0.2, 0) is 9.47 Å². The molecule has 1 aromatic heterocycles. The minimum absolute atomic E-state index is 0.0540. The zero-order valence-electron chi connectivity index (χ0n) is 17.1. The molecular weight excluding hydrogens is 424 g/mol. The van der Waals surface area contributed by atoms with Gasteiger partial charge in [-0.1, -0.05) is 0 Å². The fraction of sp³-hybridized carbons (Fsp3) is 0.444. The Hall–Kier alpha value is -3.78. The first-order valence-corrected chi connectivity index (χ1v) is 9.94. The van der Waals surface area contributed by atoms with Gasteiger partial charge in [0.1, 0.15) is 5.69 Å². The Morgan fingerprint density at radius 2 is 1.72 bits per heavy atom. The van der Waals surface area contributed by atoms with Crippen LogP contribution >= 0.6 is 0 Å². The van der Waals surface area contributed by atoms with E-state index in [1.165, 1.54) is 12.3 Å². The molecule has 0 saturated carbocycles. The molecule has 2 aliphatic rings. The van der Waals surface area contributed by atoms with Gasteiger partial charge in [0, 0.05) is 43.5 Å². The summed E-state index contributed by atoms with van der Waals surface area (Å²) >= 11 is 0. The van der Waals surface area contributed by atoms with Crippen LogP contribution in [0.25, 0.3) is 0 Å². The summed E-state index contributed by atoms with van der Waals surface area (Å²) < 4.78 is 15.2. The molecule has 170 valence electrons. The van der Waals surface area contributed by atoms with Crippen molar-refractivity contribution < 1.29 is 23.8 Å². The third kappa shape index (κ3) is 4.60. The summed E-state index contributed by atoms with van der Waals surface area (Å²) in [4.78, 5) is 27.5. The van der Waals surface area contributed by atoms with Crippen molar-refractivity contribution in [2.75, 3.05) is 68.1 Å². The van der Waals surface area contributed by atoms with E-state index < -0.39 is 10.8 Å². The lowest BCUT2D eigenvalue weighted by atomic mass is 10.1. The SMILES string of the molecule is Nc1nonc1C(=O)NN=Cc1cc([N+](=O)[O-])c(N2CCOCC2)cc1N1CCOCC1. The number of amides is 1. The fourth-order valence-corrected chi connectivity index (χ4v) is 3.53. The lowest BCUT2D eigenvalue weighted by Crippen LogP contribution is -2.38. The molecule has 1 amide bonds. The average Bonchev–Trinajstić information content (AvgIpc) is 3.25. The second kappa shape index (κ2) is 9.57. The standard InChI is InChI=1S/C18H22N8O6/c19-17-16(22-32-23-17)18(27)21-20-11-12-9-15(26(28)29)14(25-3-7-31-8-4-25)10-13(12)24-1-5-30-6-2-24/h9-11H,1-8H2,(H2,19,23)(H,21,27). The first-order chi connectivity index (χ1) is 15.5. The van der Waals surface area contributed by atoms with E-state index in [0.29, 0.717) is 63.9 Å². The third-order valence-corrected chi connectivity index (χ3v) is 5.12. The van der Waals surface area contributed by atoms with Gasteiger partial charge in [0.25, 0.3) is 11.6 Å². The summed E-state index contributed by atoms with van der Waals surface area (Å²) in [6.07, 6.45) is 1.35. The Labute approximate surface area is 182 Å². The van der Waals surface area contributed by atoms with Crippen molar-refractivity contribution in [3.63, 3.8) is 0 Å². The number of morpholine rings is 2. The number of hydrazone groups is 1. The van der Waals surface area contributed by atoms with Gasteiger partial charge in [-0.2, -0.15) is 5.10 Å². The highest BCUT2D eigenvalue weighted by Crippen LogP contribution is 2.36. The maximum absolute atomic E-state index is 12.1. The number of nitrogens with two attached hydrogens (primary N) is 1. The van der Waals surface area contributed by atoms with Crippen molar-refractivity contribution in [3.8, 4) is 0 Å². The van der Waals surface area contributed by atoms with E-state index in [0.717, 1.165) is 5.69 Å². The van der Waals surface area contributed by atoms with E-state index in [4.69, 9.17) is 15.2 Å². The van der Waals surface area contributed by atoms with Gasteiger partial charge in [-0.05, 0) is 16.4 Å². The predicted octanol–water partition coefficient (Wildman–Crippen LogP) is -0.00290. The molecule has 0 radical (unpaired) electrons. The van der Waals surface area contributed by atoms with E-state index in [1.807, 2.05) is 4.90 Å². The average molecular weight is 446 g/mol. The fourth-order valence-electron chi connectivity index (χ4n) is 3.53. The second-order valence-electron chi connectivity index (χ2n) is 7.05. The van der Waals surface area contributed by atoms with E-state index in [9.17, 15) is 14.9 Å². The Kier molecular flexibility index (Phi) is 6.42. The highest BCUT2D eigenvalue weighted by Gasteiger charge is 2.26. The zero-order valence-corrected chi connectivity index (χ0v) is 17.1. The summed E-state index contributed by atoms with van der Waals surface area (Å²) in [5, 5.41) is 22.5. The van der Waals surface area contributed by atoms with Gasteiger partial charge in [0.15, 0.2) is 0 Å². The molecule has 32 heavy (non-hydrogen) atoms. The van der Waals surface area contributed by atoms with Crippen molar-refractivity contribution in [3.05, 3.63) is 33.5 Å². The second-order valence-corrected chi connectivity index (χ2v) is 7.05. The van der Waals surface area contributed by atoms with Crippen molar-refractivity contribution in [2.45, 2.75) is 0 Å². The number of hydrogen-bond donors (Lipinski definition) is 2. The molecule has 2 aromatic rings. The molecule has 2 aliphatic heterocycles. The van der Waals surface area contributed by atoms with Crippen molar-refractivity contribution in [1.29, 1.82) is 0 Å². The molecule has 0 atom stereocenters. The monoisotopic (exact) mass is 446 g/mol. The number of nitro benzene ring substituents is 1. The molecule has 0 spiro atoms. The molecule has 2 saturated heterocycles. The summed E-state index contributed by atoms with van der Waals surface area (Å²) in [7, 11) is 0. The number of ether oxygens (including phenoxy) is 2. The zero-order chi connectivity index (χ0) is 22.5. The number of hydrogen-bond acceptors (Lipinski definition) is 12. The third-order valence-electron chi connectivity index (χ3n) is 5.12. The number of rotatable bonds is 6. The molecule has 3 N–H and O–H groups in total. The number of benzene rings is 1. The topological polar surface area (TPSA) is 174 Å². The Bertz CT molecular complexity index is 1010. The number of anilines is 3. The van der Waals surface area contributed by atoms with Crippen LogP contribution in [0.1, 0.15) is 16.1 Å². The number of carbonyl (C=O) groups is 1. The maximum Gasteiger partial charge on any atom is 0.297 e. The molecular formula is C18H22N8O6. The molecule has 0 unspecified atom stereocenters. The Balaban J connectivity index is 1.67. The first kappa shape index (κ1) is 21.5. The Morgan fingerprint density at radius 3 is 2.28 bits per heavy atom. The van der Waals surface area contributed by atoms with Gasteiger partial charge >= 0.3 is 0 Å². The molecule has 14 heteroatoms. The highest BCUT2D eigenvalue weighted by molar-refractivity contribution is 5.97. The van der Waals surface area contributed by atoms with Gasteiger partial charge in [-0.25, -0.2) is 10.1 Å². The number of nitrogens with zero attached hydrogens (tertiary/aromatic N) is 6. The van der Waals surface area contributed by atoms with Crippen LogP contribution in [0.15, 0.2) is 21.9 Å². The molecule has 3 heterocycles. The summed E-state index contributed by atoms with van der Waals surface area (Å²) in [6, 6.07) is 3.24. The lowest BCUT2D eigenvalue weighted by Gasteiger charge is -2.33. The highest BCUT2D eigenvalue weighted by atomic mass is 16.6. The van der Waals surface area contributed by atoms with E-state index in [1.54, 1.807) is 6.07 Å². The van der Waals surface area contributed by atoms with Crippen molar-refractivity contribution in [1.82, 2.24) is 15.7 Å². The van der Waals surface area contributed by atoms with Gasteiger partial charge in [-0.3, -0.25) is 14.9 Å². The molecule has 0 aliphatic carbocycles. The summed E-state index contributed by atoms with van der Waals surface area (Å²) in [6.45, 7) is 4.42. The van der Waals surface area contributed by atoms with Crippen LogP contribution in [0.5, 0.6) is 0 Å². The molecule has 4 rings (SSSR count). The molecule has 1 aromatic carbocycles. The van der Waals surface area contributed by atoms with Crippen molar-refractivity contribution in [2.24, 2.45) is 5.10 Å². The number of nitrogen functional groups attached to an aromatic ring is 1.